The summed E-state index contributed by atoms with van der Waals surface area (Å²) >= 11 is 0. The van der Waals surface area contributed by atoms with Crippen LogP contribution >= 0.6 is 0 Å². The van der Waals surface area contributed by atoms with Crippen molar-refractivity contribution in [3.8, 4) is 0 Å². The summed E-state index contributed by atoms with van der Waals surface area (Å²) in [7, 11) is 0. The van der Waals surface area contributed by atoms with E-state index in [0.717, 1.165) is 27.7 Å². The van der Waals surface area contributed by atoms with Crippen molar-refractivity contribution in [3.63, 3.8) is 0 Å². The van der Waals surface area contributed by atoms with Crippen molar-refractivity contribution in [2.45, 2.75) is 52.1 Å². The van der Waals surface area contributed by atoms with E-state index in [4.69, 9.17) is 24.1 Å². The predicted molar refractivity (Wildman–Crippen MR) is 76.4 cm³/mol. The Bertz CT molecular complexity index is 460. The fraction of sp³-hybridized carbons (Fsp3) is 0.714. The van der Waals surface area contributed by atoms with Gasteiger partial charge in [-0.05, 0) is 0 Å². The quantitative estimate of drug-likeness (QED) is 0.380. The molecule has 0 aliphatic rings. The number of carbonyl (C=O) groups excluding carboxylic acids is 4. The summed E-state index contributed by atoms with van der Waals surface area (Å²) in [6, 6.07) is 0. The predicted octanol–water partition coefficient (Wildman–Crippen LogP) is -1.30. The first-order chi connectivity index (χ1) is 11.1. The third-order valence-electron chi connectivity index (χ3n) is 2.63. The topological polar surface area (TPSA) is 146 Å². The van der Waals surface area contributed by atoms with Crippen molar-refractivity contribution in [3.05, 3.63) is 0 Å². The lowest BCUT2D eigenvalue weighted by atomic mass is 10.0. The minimum Gasteiger partial charge on any atom is -0.462 e. The van der Waals surface area contributed by atoms with Gasteiger partial charge < -0.3 is 29.2 Å². The maximum atomic E-state index is 11.3. The molecule has 138 valence electrons. The van der Waals surface area contributed by atoms with Crippen molar-refractivity contribution in [2.75, 3.05) is 13.2 Å². The first kappa shape index (κ1) is 21.8. The first-order valence-corrected chi connectivity index (χ1v) is 7.02. The van der Waals surface area contributed by atoms with Crippen molar-refractivity contribution >= 4 is 23.9 Å². The summed E-state index contributed by atoms with van der Waals surface area (Å²) in [5.41, 5.74) is 0. The highest BCUT2D eigenvalue weighted by Crippen LogP contribution is 2.18. The van der Waals surface area contributed by atoms with Gasteiger partial charge in [0.2, 0.25) is 0 Å². The summed E-state index contributed by atoms with van der Waals surface area (Å²) in [6.45, 7) is 2.92. The Morgan fingerprint density at radius 3 is 1.62 bits per heavy atom. The molecule has 0 spiro atoms. The summed E-state index contributed by atoms with van der Waals surface area (Å²) in [6.07, 6.45) is -6.04. The van der Waals surface area contributed by atoms with Gasteiger partial charge >= 0.3 is 23.9 Å². The molecule has 2 N–H and O–H groups in total. The molecule has 0 fully saturated rings. The second kappa shape index (κ2) is 10.6. The molecule has 0 heterocycles. The van der Waals surface area contributed by atoms with Crippen molar-refractivity contribution in [2.24, 2.45) is 0 Å². The van der Waals surface area contributed by atoms with E-state index in [-0.39, 0.29) is 0 Å². The molecule has 10 heteroatoms. The maximum Gasteiger partial charge on any atom is 0.303 e. The molecule has 10 nitrogen and oxygen atoms in total. The molecule has 0 aliphatic heterocycles. The average molecular weight is 350 g/mol. The third-order valence-corrected chi connectivity index (χ3v) is 2.63. The molecule has 0 rings (SSSR count). The zero-order chi connectivity index (χ0) is 18.9. The van der Waals surface area contributed by atoms with Crippen LogP contribution in [0.25, 0.3) is 0 Å². The van der Waals surface area contributed by atoms with Gasteiger partial charge in [-0.15, -0.1) is 0 Å². The molecule has 4 atom stereocenters. The lowest BCUT2D eigenvalue weighted by Gasteiger charge is -2.33. The SMILES string of the molecule is CC(=O)OC[C@H](OC(C)=O)[C@H](OC(C)=O)[C@H](OC(C)=O)[C@H](O)CO. The van der Waals surface area contributed by atoms with E-state index >= 15 is 0 Å². The minimum atomic E-state index is -1.63. The smallest absolute Gasteiger partial charge is 0.303 e. The fourth-order valence-electron chi connectivity index (χ4n) is 1.81. The standard InChI is InChI=1S/C14H22O10/c1-7(16)21-6-12(22-8(2)17)14(24-10(4)19)13(11(20)5-15)23-9(3)18/h11-15,20H,5-6H2,1-4H3/t11-,12+,13-,14+/m1/s1. The average Bonchev–Trinajstić information content (AvgIpc) is 2.45. The van der Waals surface area contributed by atoms with E-state index < -0.39 is 61.5 Å². The number of aliphatic hydroxyl groups is 2. The van der Waals surface area contributed by atoms with E-state index in [1.54, 1.807) is 0 Å². The largest absolute Gasteiger partial charge is 0.462 e. The summed E-state index contributed by atoms with van der Waals surface area (Å²) in [4.78, 5) is 44.8. The Balaban J connectivity index is 5.63. The molecule has 24 heavy (non-hydrogen) atoms. The van der Waals surface area contributed by atoms with Crippen LogP contribution in [0.1, 0.15) is 27.7 Å². The number of esters is 4. The summed E-state index contributed by atoms with van der Waals surface area (Å²) in [5.74, 6) is -3.15. The van der Waals surface area contributed by atoms with E-state index in [2.05, 4.69) is 0 Å². The summed E-state index contributed by atoms with van der Waals surface area (Å²) < 4.78 is 19.5. The van der Waals surface area contributed by atoms with E-state index in [1.807, 2.05) is 0 Å². The van der Waals surface area contributed by atoms with Crippen LogP contribution in [0.3, 0.4) is 0 Å². The van der Waals surface area contributed by atoms with Crippen LogP contribution in [0.5, 0.6) is 0 Å². The number of aliphatic hydroxyl groups excluding tert-OH is 2. The van der Waals surface area contributed by atoms with Gasteiger partial charge in [0.15, 0.2) is 18.3 Å². The van der Waals surface area contributed by atoms with Crippen molar-refractivity contribution in [1.82, 2.24) is 0 Å². The Kier molecular flexibility index (Phi) is 9.58. The van der Waals surface area contributed by atoms with Crippen LogP contribution in [0.15, 0.2) is 0 Å². The second-order valence-electron chi connectivity index (χ2n) is 4.85. The first-order valence-electron chi connectivity index (χ1n) is 7.02. The van der Waals surface area contributed by atoms with Gasteiger partial charge in [-0.2, -0.15) is 0 Å². The highest BCUT2D eigenvalue weighted by atomic mass is 16.6. The number of hydrogen-bond donors (Lipinski definition) is 2. The van der Waals surface area contributed by atoms with Crippen LogP contribution in [0.4, 0.5) is 0 Å². The highest BCUT2D eigenvalue weighted by Gasteiger charge is 2.41. The zero-order valence-electron chi connectivity index (χ0n) is 13.9. The number of ether oxygens (including phenoxy) is 4. The number of carbonyl (C=O) groups is 4. The lowest BCUT2D eigenvalue weighted by molar-refractivity contribution is -0.200. The van der Waals surface area contributed by atoms with E-state index in [9.17, 15) is 24.3 Å². The Hall–Kier alpha value is -2.20. The molecule has 0 unspecified atom stereocenters. The van der Waals surface area contributed by atoms with Gasteiger partial charge in [-0.25, -0.2) is 0 Å². The van der Waals surface area contributed by atoms with Crippen molar-refractivity contribution in [1.29, 1.82) is 0 Å². The van der Waals surface area contributed by atoms with Gasteiger partial charge in [-0.1, -0.05) is 0 Å². The monoisotopic (exact) mass is 350 g/mol. The Labute approximate surface area is 138 Å². The van der Waals surface area contributed by atoms with Gasteiger partial charge in [0, 0.05) is 27.7 Å². The van der Waals surface area contributed by atoms with Crippen LogP contribution in [0, 0.1) is 0 Å². The normalized spacial score (nSPS) is 15.4. The molecule has 0 aromatic rings. The van der Waals surface area contributed by atoms with Crippen LogP contribution in [-0.4, -0.2) is 71.7 Å². The molecular weight excluding hydrogens is 328 g/mol. The molecule has 0 saturated carbocycles. The van der Waals surface area contributed by atoms with Gasteiger partial charge in [0.1, 0.15) is 12.7 Å². The molecule has 0 saturated heterocycles. The molecule has 0 aromatic heterocycles. The molecule has 0 radical (unpaired) electrons. The van der Waals surface area contributed by atoms with Crippen LogP contribution < -0.4 is 0 Å². The Morgan fingerprint density at radius 2 is 1.25 bits per heavy atom. The van der Waals surface area contributed by atoms with Gasteiger partial charge in [-0.3, -0.25) is 19.2 Å². The highest BCUT2D eigenvalue weighted by molar-refractivity contribution is 5.68. The fourth-order valence-corrected chi connectivity index (χ4v) is 1.81. The minimum absolute atomic E-state index is 0.511. The number of rotatable bonds is 9. The molecule has 0 aromatic carbocycles. The van der Waals surface area contributed by atoms with Gasteiger partial charge in [0.05, 0.1) is 6.61 Å². The van der Waals surface area contributed by atoms with Crippen LogP contribution in [0.2, 0.25) is 0 Å². The second-order valence-corrected chi connectivity index (χ2v) is 4.85. The number of hydrogen-bond acceptors (Lipinski definition) is 10. The van der Waals surface area contributed by atoms with Crippen molar-refractivity contribution < 1.29 is 48.3 Å². The third kappa shape index (κ3) is 8.44. The van der Waals surface area contributed by atoms with E-state index in [1.165, 1.54) is 0 Å². The molecule has 0 amide bonds. The zero-order valence-corrected chi connectivity index (χ0v) is 13.9. The molecule has 0 aliphatic carbocycles. The maximum absolute atomic E-state index is 11.3. The lowest BCUT2D eigenvalue weighted by Crippen LogP contribution is -2.52. The summed E-state index contributed by atoms with van der Waals surface area (Å²) in [5, 5.41) is 19.0. The molecular formula is C14H22O10. The molecule has 0 bridgehead atoms. The Morgan fingerprint density at radius 1 is 0.792 bits per heavy atom. The van der Waals surface area contributed by atoms with Crippen LogP contribution in [-0.2, 0) is 38.1 Å². The van der Waals surface area contributed by atoms with Gasteiger partial charge in [0.25, 0.3) is 0 Å². The van der Waals surface area contributed by atoms with E-state index in [0.29, 0.717) is 0 Å².